The number of H-pyrrole nitrogens is 1. The van der Waals surface area contributed by atoms with Gasteiger partial charge < -0.3 is 9.72 Å². The molecule has 0 saturated carbocycles. The highest BCUT2D eigenvalue weighted by molar-refractivity contribution is 5.84. The van der Waals surface area contributed by atoms with Gasteiger partial charge in [-0.2, -0.15) is 5.26 Å². The zero-order valence-electron chi connectivity index (χ0n) is 11.2. The first kappa shape index (κ1) is 12.3. The molecule has 98 valence electrons. The summed E-state index contributed by atoms with van der Waals surface area (Å²) >= 11 is 0. The fraction of sp³-hybridized carbons (Fsp3) is 0.118. The van der Waals surface area contributed by atoms with Crippen molar-refractivity contribution in [1.29, 1.82) is 5.26 Å². The van der Waals surface area contributed by atoms with E-state index in [1.807, 2.05) is 42.6 Å². The highest BCUT2D eigenvalue weighted by Crippen LogP contribution is 2.23. The molecule has 1 N–H and O–H groups in total. The second kappa shape index (κ2) is 5.10. The lowest BCUT2D eigenvalue weighted by Gasteiger charge is -2.04. The molecule has 3 nitrogen and oxygen atoms in total. The second-order valence-corrected chi connectivity index (χ2v) is 4.71. The van der Waals surface area contributed by atoms with Gasteiger partial charge in [-0.15, -0.1) is 0 Å². The summed E-state index contributed by atoms with van der Waals surface area (Å²) < 4.78 is 5.25. The molecule has 0 bridgehead atoms. The maximum absolute atomic E-state index is 9.01. The third-order valence-electron chi connectivity index (χ3n) is 3.43. The number of aromatic amines is 1. The van der Waals surface area contributed by atoms with Crippen molar-refractivity contribution in [2.45, 2.75) is 6.42 Å². The van der Waals surface area contributed by atoms with Gasteiger partial charge in [-0.3, -0.25) is 0 Å². The Morgan fingerprint density at radius 1 is 1.20 bits per heavy atom. The normalized spacial score (nSPS) is 10.4. The van der Waals surface area contributed by atoms with Gasteiger partial charge in [0.25, 0.3) is 0 Å². The lowest BCUT2D eigenvalue weighted by atomic mass is 10.0. The smallest absolute Gasteiger partial charge is 0.119 e. The van der Waals surface area contributed by atoms with Gasteiger partial charge in [0.2, 0.25) is 0 Å². The molecule has 0 aliphatic rings. The maximum Gasteiger partial charge on any atom is 0.119 e. The number of fused-ring (bicyclic) bond motifs is 1. The number of hydrogen-bond donors (Lipinski definition) is 1. The Morgan fingerprint density at radius 3 is 2.90 bits per heavy atom. The molecule has 0 atom stereocenters. The average molecular weight is 262 g/mol. The van der Waals surface area contributed by atoms with E-state index in [2.05, 4.69) is 17.1 Å². The zero-order valence-corrected chi connectivity index (χ0v) is 11.2. The molecule has 0 spiro atoms. The molecule has 3 aromatic rings. The number of nitrogens with one attached hydrogen (secondary N) is 1. The Bertz CT molecular complexity index is 796. The molecular formula is C17H14N2O. The first-order valence-corrected chi connectivity index (χ1v) is 6.43. The van der Waals surface area contributed by atoms with E-state index in [1.165, 1.54) is 11.1 Å². The van der Waals surface area contributed by atoms with Crippen LogP contribution in [0.3, 0.4) is 0 Å². The van der Waals surface area contributed by atoms with Crippen LogP contribution in [0.1, 0.15) is 16.7 Å². The van der Waals surface area contributed by atoms with Crippen molar-refractivity contribution >= 4 is 10.9 Å². The van der Waals surface area contributed by atoms with Crippen molar-refractivity contribution in [2.75, 3.05) is 7.11 Å². The Kier molecular flexibility index (Phi) is 3.14. The Balaban J connectivity index is 2.00. The van der Waals surface area contributed by atoms with Crippen LogP contribution in [0, 0.1) is 11.3 Å². The summed E-state index contributed by atoms with van der Waals surface area (Å²) in [4.78, 5) is 3.25. The number of nitrogens with zero attached hydrogens (tertiary/aromatic N) is 1. The van der Waals surface area contributed by atoms with Crippen LogP contribution in [0.4, 0.5) is 0 Å². The Labute approximate surface area is 117 Å². The number of nitriles is 1. The van der Waals surface area contributed by atoms with Crippen molar-refractivity contribution in [2.24, 2.45) is 0 Å². The number of aromatic nitrogens is 1. The highest BCUT2D eigenvalue weighted by atomic mass is 16.5. The van der Waals surface area contributed by atoms with Crippen molar-refractivity contribution in [3.05, 3.63) is 65.4 Å². The van der Waals surface area contributed by atoms with Crippen molar-refractivity contribution in [3.63, 3.8) is 0 Å². The molecule has 1 aromatic heterocycles. The third kappa shape index (κ3) is 2.24. The third-order valence-corrected chi connectivity index (χ3v) is 3.43. The summed E-state index contributed by atoms with van der Waals surface area (Å²) in [6, 6.07) is 15.9. The van der Waals surface area contributed by atoms with Gasteiger partial charge in [-0.25, -0.2) is 0 Å². The van der Waals surface area contributed by atoms with Gasteiger partial charge in [0.05, 0.1) is 18.7 Å². The van der Waals surface area contributed by atoms with Gasteiger partial charge in [0, 0.05) is 17.1 Å². The van der Waals surface area contributed by atoms with E-state index in [0.717, 1.165) is 23.1 Å². The first-order valence-electron chi connectivity index (χ1n) is 6.43. The molecule has 3 rings (SSSR count). The molecule has 1 heterocycles. The standard InChI is InChI=1S/C17H14N2O/c1-20-15-4-2-3-12(8-15)7-14-11-19-17-6-5-13(10-18)9-16(14)17/h2-6,8-9,11,19H,7H2,1H3. The average Bonchev–Trinajstić information content (AvgIpc) is 2.89. The number of hydrogen-bond acceptors (Lipinski definition) is 2. The predicted molar refractivity (Wildman–Crippen MR) is 78.8 cm³/mol. The molecule has 0 saturated heterocycles. The molecule has 0 radical (unpaired) electrons. The van der Waals surface area contributed by atoms with E-state index in [0.29, 0.717) is 5.56 Å². The summed E-state index contributed by atoms with van der Waals surface area (Å²) in [5.41, 5.74) is 4.11. The lowest BCUT2D eigenvalue weighted by Crippen LogP contribution is -1.89. The topological polar surface area (TPSA) is 48.8 Å². The van der Waals surface area contributed by atoms with Crippen molar-refractivity contribution in [3.8, 4) is 11.8 Å². The number of rotatable bonds is 3. The van der Waals surface area contributed by atoms with E-state index in [-0.39, 0.29) is 0 Å². The van der Waals surface area contributed by atoms with Gasteiger partial charge in [0.15, 0.2) is 0 Å². The van der Waals surface area contributed by atoms with Crippen LogP contribution in [0.25, 0.3) is 10.9 Å². The minimum atomic E-state index is 0.684. The van der Waals surface area contributed by atoms with Crippen LogP contribution in [0.2, 0.25) is 0 Å². The second-order valence-electron chi connectivity index (χ2n) is 4.71. The summed E-state index contributed by atoms with van der Waals surface area (Å²) in [6.07, 6.45) is 2.82. The lowest BCUT2D eigenvalue weighted by molar-refractivity contribution is 0.414. The van der Waals surface area contributed by atoms with E-state index >= 15 is 0 Å². The molecule has 0 aliphatic heterocycles. The van der Waals surface area contributed by atoms with Crippen LogP contribution in [-0.2, 0) is 6.42 Å². The van der Waals surface area contributed by atoms with Gasteiger partial charge in [-0.05, 0) is 47.9 Å². The van der Waals surface area contributed by atoms with E-state index in [4.69, 9.17) is 10.00 Å². The van der Waals surface area contributed by atoms with Crippen LogP contribution < -0.4 is 4.74 Å². The van der Waals surface area contributed by atoms with Crippen LogP contribution in [0.5, 0.6) is 5.75 Å². The van der Waals surface area contributed by atoms with Crippen molar-refractivity contribution in [1.82, 2.24) is 4.98 Å². The van der Waals surface area contributed by atoms with Crippen LogP contribution in [0.15, 0.2) is 48.7 Å². The number of methoxy groups -OCH3 is 1. The zero-order chi connectivity index (χ0) is 13.9. The molecular weight excluding hydrogens is 248 g/mol. The summed E-state index contributed by atoms with van der Waals surface area (Å²) in [5, 5.41) is 10.1. The van der Waals surface area contributed by atoms with Gasteiger partial charge in [-0.1, -0.05) is 12.1 Å². The fourth-order valence-corrected chi connectivity index (χ4v) is 2.40. The SMILES string of the molecule is COc1cccc(Cc2c[nH]c3ccc(C#N)cc23)c1. The number of benzene rings is 2. The number of ether oxygens (including phenoxy) is 1. The van der Waals surface area contributed by atoms with Crippen LogP contribution in [-0.4, -0.2) is 12.1 Å². The van der Waals surface area contributed by atoms with E-state index in [9.17, 15) is 0 Å². The highest BCUT2D eigenvalue weighted by Gasteiger charge is 2.06. The quantitative estimate of drug-likeness (QED) is 0.783. The fourth-order valence-electron chi connectivity index (χ4n) is 2.40. The molecule has 20 heavy (non-hydrogen) atoms. The predicted octanol–water partition coefficient (Wildman–Crippen LogP) is 3.64. The summed E-state index contributed by atoms with van der Waals surface area (Å²) in [7, 11) is 1.67. The first-order chi connectivity index (χ1) is 9.80. The van der Waals surface area contributed by atoms with Crippen molar-refractivity contribution < 1.29 is 4.74 Å². The largest absolute Gasteiger partial charge is 0.497 e. The van der Waals surface area contributed by atoms with E-state index in [1.54, 1.807) is 7.11 Å². The molecule has 2 aromatic carbocycles. The monoisotopic (exact) mass is 262 g/mol. The summed E-state index contributed by atoms with van der Waals surface area (Å²) in [6.45, 7) is 0. The summed E-state index contributed by atoms with van der Waals surface area (Å²) in [5.74, 6) is 0.861. The Morgan fingerprint density at radius 2 is 2.10 bits per heavy atom. The molecule has 0 aliphatic carbocycles. The van der Waals surface area contributed by atoms with Gasteiger partial charge in [0.1, 0.15) is 5.75 Å². The van der Waals surface area contributed by atoms with Gasteiger partial charge >= 0.3 is 0 Å². The maximum atomic E-state index is 9.01. The Hall–Kier alpha value is -2.73. The molecule has 3 heteroatoms. The molecule has 0 unspecified atom stereocenters. The van der Waals surface area contributed by atoms with Crippen LogP contribution >= 0.6 is 0 Å². The molecule has 0 amide bonds. The molecule has 0 fully saturated rings. The minimum absolute atomic E-state index is 0.684. The van der Waals surface area contributed by atoms with E-state index < -0.39 is 0 Å². The minimum Gasteiger partial charge on any atom is -0.497 e.